The largest absolute Gasteiger partial charge is 0.299 e. The highest BCUT2D eigenvalue weighted by Gasteiger charge is 2.20. The van der Waals surface area contributed by atoms with Gasteiger partial charge in [0, 0.05) is 18.2 Å². The van der Waals surface area contributed by atoms with Crippen LogP contribution in [0.25, 0.3) is 0 Å². The van der Waals surface area contributed by atoms with Crippen LogP contribution in [0.5, 0.6) is 0 Å². The second kappa shape index (κ2) is 4.22. The van der Waals surface area contributed by atoms with Gasteiger partial charge >= 0.3 is 0 Å². The number of aromatic nitrogens is 1. The number of hydrogen-bond donors (Lipinski definition) is 0. The third-order valence-electron chi connectivity index (χ3n) is 2.79. The fourth-order valence-corrected chi connectivity index (χ4v) is 2.40. The van der Waals surface area contributed by atoms with E-state index in [1.807, 2.05) is 12.3 Å². The van der Waals surface area contributed by atoms with Gasteiger partial charge in [-0.15, -0.1) is 11.3 Å². The number of hydrogen-bond acceptors (Lipinski definition) is 3. The van der Waals surface area contributed by atoms with E-state index in [0.29, 0.717) is 18.1 Å². The lowest BCUT2D eigenvalue weighted by Gasteiger charge is -2.24. The van der Waals surface area contributed by atoms with Gasteiger partial charge in [-0.1, -0.05) is 19.3 Å². The number of Topliss-reactive ketones (excluding diaryl/α,β-unsaturated/α-hetero) is 1. The van der Waals surface area contributed by atoms with Gasteiger partial charge in [-0.05, 0) is 12.8 Å². The van der Waals surface area contributed by atoms with Gasteiger partial charge in [0.25, 0.3) is 0 Å². The lowest BCUT2D eigenvalue weighted by molar-refractivity contribution is -0.119. The maximum absolute atomic E-state index is 11.6. The van der Waals surface area contributed by atoms with Crippen LogP contribution in [-0.4, -0.2) is 10.8 Å². The van der Waals surface area contributed by atoms with Crippen LogP contribution >= 0.6 is 11.3 Å². The van der Waals surface area contributed by atoms with E-state index < -0.39 is 0 Å². The van der Waals surface area contributed by atoms with Crippen LogP contribution in [0, 0.1) is 12.8 Å². The Morgan fingerprint density at radius 3 is 2.93 bits per heavy atom. The summed E-state index contributed by atoms with van der Waals surface area (Å²) in [6.45, 7) is 1.98. The zero-order chi connectivity index (χ0) is 9.97. The molecule has 0 saturated heterocycles. The molecule has 0 aliphatic heterocycles. The average Bonchev–Trinajstić information content (AvgIpc) is 2.44. The number of carbonyl (C=O) groups is 1. The highest BCUT2D eigenvalue weighted by molar-refractivity contribution is 7.09. The Labute approximate surface area is 88.4 Å². The number of rotatable bonds is 4. The lowest BCUT2D eigenvalue weighted by atomic mass is 9.81. The second-order valence-electron chi connectivity index (χ2n) is 4.07. The Morgan fingerprint density at radius 2 is 2.43 bits per heavy atom. The van der Waals surface area contributed by atoms with E-state index in [1.165, 1.54) is 19.3 Å². The Bertz CT molecular complexity index is 328. The number of thiazole rings is 1. The quantitative estimate of drug-likeness (QED) is 0.763. The molecule has 76 valence electrons. The van der Waals surface area contributed by atoms with Gasteiger partial charge in [0.05, 0.1) is 10.7 Å². The fraction of sp³-hybridized carbons (Fsp3) is 0.636. The van der Waals surface area contributed by atoms with E-state index in [1.54, 1.807) is 11.3 Å². The molecule has 1 fully saturated rings. The predicted octanol–water partition coefficient (Wildman–Crippen LogP) is 2.75. The van der Waals surface area contributed by atoms with Crippen molar-refractivity contribution < 1.29 is 4.79 Å². The molecule has 0 atom stereocenters. The molecule has 0 amide bonds. The van der Waals surface area contributed by atoms with Gasteiger partial charge in [0.15, 0.2) is 0 Å². The van der Waals surface area contributed by atoms with Crippen molar-refractivity contribution in [1.82, 2.24) is 4.98 Å². The molecule has 1 saturated carbocycles. The number of aryl methyl sites for hydroxylation is 1. The van der Waals surface area contributed by atoms with Crippen molar-refractivity contribution in [1.29, 1.82) is 0 Å². The summed E-state index contributed by atoms with van der Waals surface area (Å²) in [5.41, 5.74) is 0.955. The SMILES string of the molecule is Cc1nc(CC(=O)CC2CCC2)cs1. The summed E-state index contributed by atoms with van der Waals surface area (Å²) in [6, 6.07) is 0. The fourth-order valence-electron chi connectivity index (χ4n) is 1.78. The van der Waals surface area contributed by atoms with Crippen molar-refractivity contribution in [3.63, 3.8) is 0 Å². The maximum Gasteiger partial charge on any atom is 0.139 e. The number of carbonyl (C=O) groups excluding carboxylic acids is 1. The summed E-state index contributed by atoms with van der Waals surface area (Å²) in [6.07, 6.45) is 5.13. The smallest absolute Gasteiger partial charge is 0.139 e. The molecule has 3 heteroatoms. The topological polar surface area (TPSA) is 30.0 Å². The Hall–Kier alpha value is -0.700. The van der Waals surface area contributed by atoms with Gasteiger partial charge in [-0.25, -0.2) is 4.98 Å². The normalized spacial score (nSPS) is 16.6. The Kier molecular flexibility index (Phi) is 2.96. The second-order valence-corrected chi connectivity index (χ2v) is 5.14. The average molecular weight is 209 g/mol. The lowest BCUT2D eigenvalue weighted by Crippen LogP contribution is -2.17. The molecule has 1 aromatic rings. The zero-order valence-electron chi connectivity index (χ0n) is 8.45. The highest BCUT2D eigenvalue weighted by Crippen LogP contribution is 2.29. The van der Waals surface area contributed by atoms with E-state index in [4.69, 9.17) is 0 Å². The summed E-state index contributed by atoms with van der Waals surface area (Å²) >= 11 is 1.62. The van der Waals surface area contributed by atoms with E-state index >= 15 is 0 Å². The molecule has 1 aliphatic rings. The monoisotopic (exact) mass is 209 g/mol. The van der Waals surface area contributed by atoms with Gasteiger partial charge < -0.3 is 0 Å². The molecule has 0 spiro atoms. The van der Waals surface area contributed by atoms with Crippen LogP contribution in [0.1, 0.15) is 36.4 Å². The minimum absolute atomic E-state index is 0.361. The number of nitrogens with zero attached hydrogens (tertiary/aromatic N) is 1. The van der Waals surface area contributed by atoms with Crippen LogP contribution in [-0.2, 0) is 11.2 Å². The van der Waals surface area contributed by atoms with Gasteiger partial charge in [0.2, 0.25) is 0 Å². The van der Waals surface area contributed by atoms with Gasteiger partial charge in [-0.3, -0.25) is 4.79 Å². The summed E-state index contributed by atoms with van der Waals surface area (Å²) in [4.78, 5) is 15.9. The van der Waals surface area contributed by atoms with Crippen LogP contribution in [0.15, 0.2) is 5.38 Å². The first-order chi connectivity index (χ1) is 6.74. The molecule has 0 aromatic carbocycles. The van der Waals surface area contributed by atoms with Gasteiger partial charge in [-0.2, -0.15) is 0 Å². The third-order valence-corrected chi connectivity index (χ3v) is 3.61. The van der Waals surface area contributed by atoms with Crippen molar-refractivity contribution in [2.75, 3.05) is 0 Å². The molecule has 0 radical (unpaired) electrons. The standard InChI is InChI=1S/C11H15NOS/c1-8-12-10(7-14-8)6-11(13)5-9-3-2-4-9/h7,9H,2-6H2,1H3. The van der Waals surface area contributed by atoms with Crippen molar-refractivity contribution in [2.45, 2.75) is 39.0 Å². The summed E-state index contributed by atoms with van der Waals surface area (Å²) in [5.74, 6) is 1.04. The molecule has 1 heterocycles. The first kappa shape index (κ1) is 9.84. The molecule has 0 N–H and O–H groups in total. The Morgan fingerprint density at radius 1 is 1.64 bits per heavy atom. The maximum atomic E-state index is 11.6. The molecule has 1 aliphatic carbocycles. The van der Waals surface area contributed by atoms with Crippen LogP contribution in [0.2, 0.25) is 0 Å². The van der Waals surface area contributed by atoms with Crippen LogP contribution in [0.3, 0.4) is 0 Å². The minimum Gasteiger partial charge on any atom is -0.299 e. The molecule has 0 bridgehead atoms. The Balaban J connectivity index is 1.81. The van der Waals surface area contributed by atoms with Crippen molar-refractivity contribution in [3.05, 3.63) is 16.1 Å². The predicted molar refractivity (Wildman–Crippen MR) is 57.5 cm³/mol. The summed E-state index contributed by atoms with van der Waals surface area (Å²) in [7, 11) is 0. The van der Waals surface area contributed by atoms with E-state index in [-0.39, 0.29) is 0 Å². The first-order valence-electron chi connectivity index (χ1n) is 5.17. The molecular weight excluding hydrogens is 194 g/mol. The molecule has 1 aromatic heterocycles. The van der Waals surface area contributed by atoms with Crippen LogP contribution < -0.4 is 0 Å². The third kappa shape index (κ3) is 2.41. The molecule has 2 nitrogen and oxygen atoms in total. The zero-order valence-corrected chi connectivity index (χ0v) is 9.27. The number of ketones is 1. The molecule has 0 unspecified atom stereocenters. The van der Waals surface area contributed by atoms with E-state index in [9.17, 15) is 4.79 Å². The summed E-state index contributed by atoms with van der Waals surface area (Å²) in [5, 5.41) is 3.05. The first-order valence-corrected chi connectivity index (χ1v) is 6.04. The highest BCUT2D eigenvalue weighted by atomic mass is 32.1. The molecule has 2 rings (SSSR count). The van der Waals surface area contributed by atoms with E-state index in [2.05, 4.69) is 4.98 Å². The molecular formula is C11H15NOS. The van der Waals surface area contributed by atoms with Crippen molar-refractivity contribution in [3.8, 4) is 0 Å². The van der Waals surface area contributed by atoms with Crippen molar-refractivity contribution >= 4 is 17.1 Å². The van der Waals surface area contributed by atoms with Crippen LogP contribution in [0.4, 0.5) is 0 Å². The molecule has 14 heavy (non-hydrogen) atoms. The van der Waals surface area contributed by atoms with Gasteiger partial charge in [0.1, 0.15) is 5.78 Å². The summed E-state index contributed by atoms with van der Waals surface area (Å²) < 4.78 is 0. The minimum atomic E-state index is 0.361. The van der Waals surface area contributed by atoms with Crippen molar-refractivity contribution in [2.24, 2.45) is 5.92 Å². The van der Waals surface area contributed by atoms with E-state index in [0.717, 1.165) is 17.1 Å².